The highest BCUT2D eigenvalue weighted by Gasteiger charge is 2.23. The highest BCUT2D eigenvalue weighted by Crippen LogP contribution is 2.32. The summed E-state index contributed by atoms with van der Waals surface area (Å²) in [6.07, 6.45) is 1.67. The molecule has 0 saturated carbocycles. The number of ether oxygens (including phenoxy) is 1. The van der Waals surface area contributed by atoms with Crippen LogP contribution in [0, 0.1) is 6.92 Å². The molecule has 0 unspecified atom stereocenters. The van der Waals surface area contributed by atoms with Crippen molar-refractivity contribution >= 4 is 23.6 Å². The minimum Gasteiger partial charge on any atom is -0.465 e. The summed E-state index contributed by atoms with van der Waals surface area (Å²) in [6.45, 7) is 2.13. The van der Waals surface area contributed by atoms with Crippen LogP contribution >= 0.6 is 0 Å². The summed E-state index contributed by atoms with van der Waals surface area (Å²) in [5.74, 6) is 1.52. The van der Waals surface area contributed by atoms with Crippen LogP contribution in [-0.4, -0.2) is 11.8 Å². The first-order valence-corrected chi connectivity index (χ1v) is 8.82. The number of carbonyl (C=O) groups is 2. The number of amides is 2. The molecule has 2 aromatic carbocycles. The predicted molar refractivity (Wildman–Crippen MR) is 105 cm³/mol. The maximum atomic E-state index is 12.4. The second-order valence-electron chi connectivity index (χ2n) is 6.38. The number of benzene rings is 2. The molecule has 2 heterocycles. The molecule has 140 valence electrons. The van der Waals surface area contributed by atoms with E-state index >= 15 is 0 Å². The first-order valence-electron chi connectivity index (χ1n) is 8.82. The van der Waals surface area contributed by atoms with Gasteiger partial charge in [-0.3, -0.25) is 9.59 Å². The Morgan fingerprint density at radius 3 is 2.68 bits per heavy atom. The maximum Gasteiger partial charge on any atom is 0.291 e. The minimum atomic E-state index is -0.361. The van der Waals surface area contributed by atoms with Gasteiger partial charge >= 0.3 is 0 Å². The molecule has 0 atom stereocenters. The predicted octanol–water partition coefficient (Wildman–Crippen LogP) is 3.89. The zero-order valence-electron chi connectivity index (χ0n) is 15.2. The van der Waals surface area contributed by atoms with Gasteiger partial charge in [-0.15, -0.1) is 0 Å². The normalized spacial score (nSPS) is 14.2. The third-order valence-electron chi connectivity index (χ3n) is 4.25. The van der Waals surface area contributed by atoms with Gasteiger partial charge in [-0.1, -0.05) is 30.3 Å². The van der Waals surface area contributed by atoms with Gasteiger partial charge in [-0.25, -0.2) is 0 Å². The molecule has 3 aromatic rings. The molecule has 1 aliphatic rings. The standard InChI is InChI=1S/C22H18N2O4/c1-14-7-9-17(27-14)13-23-21(25)16-8-10-19-18(12-16)24-22(26)20(28-19)11-15-5-3-2-4-6-15/h2-12H,13H2,1H3,(H,23,25)(H,24,26). The highest BCUT2D eigenvalue weighted by molar-refractivity contribution is 6.09. The Hall–Kier alpha value is -3.80. The van der Waals surface area contributed by atoms with E-state index in [1.165, 1.54) is 0 Å². The van der Waals surface area contributed by atoms with Crippen molar-refractivity contribution in [3.63, 3.8) is 0 Å². The molecule has 28 heavy (non-hydrogen) atoms. The fourth-order valence-corrected chi connectivity index (χ4v) is 2.85. The van der Waals surface area contributed by atoms with Crippen molar-refractivity contribution in [2.45, 2.75) is 13.5 Å². The Labute approximate surface area is 161 Å². The molecular weight excluding hydrogens is 356 g/mol. The number of anilines is 1. The van der Waals surface area contributed by atoms with Crippen molar-refractivity contribution in [2.75, 3.05) is 5.32 Å². The molecule has 6 nitrogen and oxygen atoms in total. The average molecular weight is 374 g/mol. The molecule has 4 rings (SSSR count). The summed E-state index contributed by atoms with van der Waals surface area (Å²) in [5, 5.41) is 5.56. The number of nitrogens with one attached hydrogen (secondary N) is 2. The lowest BCUT2D eigenvalue weighted by Gasteiger charge is -2.20. The van der Waals surface area contributed by atoms with E-state index in [2.05, 4.69) is 10.6 Å². The Morgan fingerprint density at radius 1 is 1.11 bits per heavy atom. The van der Waals surface area contributed by atoms with Crippen LogP contribution in [0.25, 0.3) is 6.08 Å². The van der Waals surface area contributed by atoms with E-state index in [-0.39, 0.29) is 24.1 Å². The number of aryl methyl sites for hydroxylation is 1. The third kappa shape index (κ3) is 3.81. The van der Waals surface area contributed by atoms with Gasteiger partial charge in [0.05, 0.1) is 12.2 Å². The van der Waals surface area contributed by atoms with Crippen LogP contribution in [0.3, 0.4) is 0 Å². The van der Waals surface area contributed by atoms with Crippen molar-refractivity contribution < 1.29 is 18.7 Å². The first kappa shape index (κ1) is 17.6. The van der Waals surface area contributed by atoms with E-state index in [0.29, 0.717) is 22.8 Å². The fourth-order valence-electron chi connectivity index (χ4n) is 2.85. The van der Waals surface area contributed by atoms with Crippen LogP contribution in [0.1, 0.15) is 27.4 Å². The van der Waals surface area contributed by atoms with Crippen molar-refractivity contribution in [3.05, 3.63) is 89.1 Å². The molecule has 1 aromatic heterocycles. The topological polar surface area (TPSA) is 80.6 Å². The van der Waals surface area contributed by atoms with Gasteiger partial charge < -0.3 is 19.8 Å². The fraction of sp³-hybridized carbons (Fsp3) is 0.0909. The van der Waals surface area contributed by atoms with Crippen LogP contribution in [0.5, 0.6) is 5.75 Å². The van der Waals surface area contributed by atoms with Crippen LogP contribution in [0.4, 0.5) is 5.69 Å². The van der Waals surface area contributed by atoms with Crippen LogP contribution in [0.15, 0.2) is 70.8 Å². The lowest BCUT2D eigenvalue weighted by molar-refractivity contribution is -0.115. The molecule has 0 fully saturated rings. The number of hydrogen-bond donors (Lipinski definition) is 2. The number of rotatable bonds is 4. The first-order chi connectivity index (χ1) is 13.6. The summed E-state index contributed by atoms with van der Waals surface area (Å²) < 4.78 is 11.2. The average Bonchev–Trinajstić information content (AvgIpc) is 3.12. The van der Waals surface area contributed by atoms with Crippen molar-refractivity contribution in [1.29, 1.82) is 0 Å². The molecular formula is C22H18N2O4. The summed E-state index contributed by atoms with van der Waals surface area (Å²) in [6, 6.07) is 18.0. The van der Waals surface area contributed by atoms with Crippen LogP contribution in [0.2, 0.25) is 0 Å². The SMILES string of the molecule is Cc1ccc(CNC(=O)c2ccc3c(c2)NC(=O)C(=Cc2ccccc2)O3)o1. The Bertz CT molecular complexity index is 1070. The van der Waals surface area contributed by atoms with Crippen molar-refractivity contribution in [2.24, 2.45) is 0 Å². The van der Waals surface area contributed by atoms with Gasteiger partial charge in [-0.2, -0.15) is 0 Å². The zero-order valence-corrected chi connectivity index (χ0v) is 15.2. The molecule has 0 spiro atoms. The van der Waals surface area contributed by atoms with E-state index in [1.807, 2.05) is 49.4 Å². The molecule has 2 N–H and O–H groups in total. The van der Waals surface area contributed by atoms with E-state index in [0.717, 1.165) is 11.3 Å². The second kappa shape index (κ2) is 7.44. The van der Waals surface area contributed by atoms with Crippen molar-refractivity contribution in [3.8, 4) is 5.75 Å². The zero-order chi connectivity index (χ0) is 19.5. The highest BCUT2D eigenvalue weighted by atomic mass is 16.5. The van der Waals surface area contributed by atoms with E-state index in [4.69, 9.17) is 9.15 Å². The van der Waals surface area contributed by atoms with Gasteiger partial charge in [0.25, 0.3) is 11.8 Å². The van der Waals surface area contributed by atoms with E-state index < -0.39 is 0 Å². The molecule has 6 heteroatoms. The van der Waals surface area contributed by atoms with Crippen LogP contribution in [-0.2, 0) is 11.3 Å². The maximum absolute atomic E-state index is 12.4. The molecule has 0 saturated heterocycles. The summed E-state index contributed by atoms with van der Waals surface area (Å²) in [5.41, 5.74) is 1.73. The van der Waals surface area contributed by atoms with Crippen LogP contribution < -0.4 is 15.4 Å². The lowest BCUT2D eigenvalue weighted by atomic mass is 10.1. The van der Waals surface area contributed by atoms with Gasteiger partial charge in [0.1, 0.15) is 11.5 Å². The second-order valence-corrected chi connectivity index (χ2v) is 6.38. The monoisotopic (exact) mass is 374 g/mol. The summed E-state index contributed by atoms with van der Waals surface area (Å²) in [7, 11) is 0. The quantitative estimate of drug-likeness (QED) is 0.679. The van der Waals surface area contributed by atoms with Gasteiger partial charge in [0.2, 0.25) is 0 Å². The molecule has 1 aliphatic heterocycles. The smallest absolute Gasteiger partial charge is 0.291 e. The Morgan fingerprint density at radius 2 is 1.93 bits per heavy atom. The molecule has 0 bridgehead atoms. The molecule has 0 radical (unpaired) electrons. The number of fused-ring (bicyclic) bond motifs is 1. The largest absolute Gasteiger partial charge is 0.465 e. The lowest BCUT2D eigenvalue weighted by Crippen LogP contribution is -2.25. The minimum absolute atomic E-state index is 0.198. The Balaban J connectivity index is 1.48. The summed E-state index contributed by atoms with van der Waals surface area (Å²) in [4.78, 5) is 24.7. The molecule has 0 aliphatic carbocycles. The van der Waals surface area contributed by atoms with Gasteiger partial charge in [0.15, 0.2) is 11.5 Å². The van der Waals surface area contributed by atoms with Gasteiger partial charge in [0, 0.05) is 5.56 Å². The molecule has 2 amide bonds. The van der Waals surface area contributed by atoms with E-state index in [9.17, 15) is 9.59 Å². The Kier molecular flexibility index (Phi) is 4.68. The summed E-state index contributed by atoms with van der Waals surface area (Å²) >= 11 is 0. The number of furan rings is 1. The number of hydrogen-bond acceptors (Lipinski definition) is 4. The number of carbonyl (C=O) groups excluding carboxylic acids is 2. The van der Waals surface area contributed by atoms with Gasteiger partial charge in [-0.05, 0) is 48.9 Å². The van der Waals surface area contributed by atoms with Crippen molar-refractivity contribution in [1.82, 2.24) is 5.32 Å². The third-order valence-corrected chi connectivity index (χ3v) is 4.25. The van der Waals surface area contributed by atoms with E-state index in [1.54, 1.807) is 24.3 Å².